The number of rotatable bonds is 11. The summed E-state index contributed by atoms with van der Waals surface area (Å²) in [5.41, 5.74) is 3.62. The van der Waals surface area contributed by atoms with Crippen molar-refractivity contribution in [1.82, 2.24) is 0 Å². The third-order valence-corrected chi connectivity index (χ3v) is 14.4. The molecule has 0 aliphatic heterocycles. The van der Waals surface area contributed by atoms with Crippen molar-refractivity contribution in [1.29, 1.82) is 0 Å². The largest absolute Gasteiger partial charge is 0.0622 e. The van der Waals surface area contributed by atoms with Crippen LogP contribution in [0, 0.1) is 0 Å². The molecular weight excluding hydrogens is 566 g/mol. The summed E-state index contributed by atoms with van der Waals surface area (Å²) in [5, 5.41) is 5.76. The smallest absolute Gasteiger partial charge is 0.00159 e. The highest BCUT2D eigenvalue weighted by molar-refractivity contribution is 7.74. The summed E-state index contributed by atoms with van der Waals surface area (Å²) in [5.74, 6) is 0.607. The summed E-state index contributed by atoms with van der Waals surface area (Å²) in [6.45, 7) is 5.05. The molecule has 0 unspecified atom stereocenters. The van der Waals surface area contributed by atoms with Gasteiger partial charge in [-0.2, -0.15) is 0 Å². The summed E-state index contributed by atoms with van der Waals surface area (Å²) in [6.07, 6.45) is 0. The Morgan fingerprint density at radius 1 is 0.295 bits per heavy atom. The van der Waals surface area contributed by atoms with Gasteiger partial charge < -0.3 is 0 Å². The van der Waals surface area contributed by atoms with Crippen molar-refractivity contribution in [3.8, 4) is 0 Å². The zero-order chi connectivity index (χ0) is 30.1. The lowest BCUT2D eigenvalue weighted by molar-refractivity contribution is 0.523. The molecule has 0 nitrogen and oxygen atoms in total. The fourth-order valence-corrected chi connectivity index (χ4v) is 12.6. The highest BCUT2D eigenvalue weighted by Gasteiger charge is 2.40. The second kappa shape index (κ2) is 14.8. The van der Waals surface area contributed by atoms with Crippen molar-refractivity contribution in [3.05, 3.63) is 193 Å². The SMILES string of the molecule is C[C@H]([C@@H](c1ccccc1)[C@H](c1ccccc1)[C@@H](C)P(c1ccccc1)c1ccccc1)P(c1ccccc1)c1ccccc1. The van der Waals surface area contributed by atoms with Crippen LogP contribution in [0.4, 0.5) is 0 Å². The van der Waals surface area contributed by atoms with Gasteiger partial charge in [0, 0.05) is 0 Å². The van der Waals surface area contributed by atoms with E-state index in [4.69, 9.17) is 0 Å². The summed E-state index contributed by atoms with van der Waals surface area (Å²) < 4.78 is 0. The molecule has 6 aromatic carbocycles. The molecule has 0 N–H and O–H groups in total. The third kappa shape index (κ3) is 6.79. The van der Waals surface area contributed by atoms with Crippen LogP contribution in [0.1, 0.15) is 36.8 Å². The minimum Gasteiger partial charge on any atom is -0.0622 e. The molecule has 4 atom stereocenters. The molecule has 44 heavy (non-hydrogen) atoms. The van der Waals surface area contributed by atoms with Crippen LogP contribution in [0.15, 0.2) is 182 Å². The second-order valence-corrected chi connectivity index (χ2v) is 16.6. The van der Waals surface area contributed by atoms with Gasteiger partial charge in [0.1, 0.15) is 0 Å². The number of hydrogen-bond donors (Lipinski definition) is 0. The fraction of sp³-hybridized carbons (Fsp3) is 0.143. The molecule has 0 saturated heterocycles. The van der Waals surface area contributed by atoms with Gasteiger partial charge in [0.2, 0.25) is 0 Å². The average molecular weight is 607 g/mol. The van der Waals surface area contributed by atoms with Crippen molar-refractivity contribution in [2.45, 2.75) is 37.0 Å². The lowest BCUT2D eigenvalue weighted by Crippen LogP contribution is -2.34. The standard InChI is InChI=1S/C42H40P2/c1-33(43(37-25-13-5-14-26-37)38-27-15-6-16-28-38)41(35-21-9-3-10-22-35)42(36-23-11-4-12-24-36)34(2)44(39-29-17-7-18-30-39)40-31-19-8-20-32-40/h3-34,41-42H,1-2H3/t33-,34-,41+,42+/m1/s1. The lowest BCUT2D eigenvalue weighted by atomic mass is 9.78. The molecule has 0 amide bonds. The van der Waals surface area contributed by atoms with Gasteiger partial charge in [-0.3, -0.25) is 0 Å². The van der Waals surface area contributed by atoms with E-state index < -0.39 is 15.8 Å². The molecule has 6 aromatic rings. The Labute approximate surface area is 266 Å². The number of hydrogen-bond acceptors (Lipinski definition) is 0. The molecule has 0 saturated carbocycles. The zero-order valence-electron chi connectivity index (χ0n) is 25.5. The Morgan fingerprint density at radius 2 is 0.500 bits per heavy atom. The highest BCUT2D eigenvalue weighted by Crippen LogP contribution is 2.56. The molecule has 2 heteroatoms. The van der Waals surface area contributed by atoms with E-state index in [9.17, 15) is 0 Å². The van der Waals surface area contributed by atoms with Gasteiger partial charge in [-0.25, -0.2) is 0 Å². The van der Waals surface area contributed by atoms with Crippen molar-refractivity contribution in [2.24, 2.45) is 0 Å². The first-order valence-corrected chi connectivity index (χ1v) is 18.4. The van der Waals surface area contributed by atoms with Crippen LogP contribution in [0.2, 0.25) is 0 Å². The normalized spacial score (nSPS) is 14.2. The monoisotopic (exact) mass is 606 g/mol. The molecule has 0 aliphatic carbocycles. The van der Waals surface area contributed by atoms with Gasteiger partial charge in [-0.05, 0) is 71.3 Å². The third-order valence-electron chi connectivity index (χ3n) is 8.75. The van der Waals surface area contributed by atoms with Gasteiger partial charge >= 0.3 is 0 Å². The molecule has 0 aliphatic rings. The molecule has 0 radical (unpaired) electrons. The first-order valence-electron chi connectivity index (χ1n) is 15.6. The molecule has 0 bridgehead atoms. The summed E-state index contributed by atoms with van der Waals surface area (Å²) in [4.78, 5) is 0. The van der Waals surface area contributed by atoms with E-state index in [1.165, 1.54) is 32.3 Å². The average Bonchev–Trinajstić information content (AvgIpc) is 3.10. The maximum absolute atomic E-state index is 2.53. The van der Waals surface area contributed by atoms with E-state index in [1.54, 1.807) is 0 Å². The van der Waals surface area contributed by atoms with Crippen LogP contribution < -0.4 is 21.2 Å². The minimum absolute atomic E-state index is 0.303. The topological polar surface area (TPSA) is 0 Å². The Morgan fingerprint density at radius 3 is 0.727 bits per heavy atom. The van der Waals surface area contributed by atoms with Gasteiger partial charge in [-0.15, -0.1) is 0 Å². The van der Waals surface area contributed by atoms with E-state index in [1.807, 2.05) is 0 Å². The summed E-state index contributed by atoms with van der Waals surface area (Å²) >= 11 is 0. The van der Waals surface area contributed by atoms with Gasteiger partial charge in [-0.1, -0.05) is 196 Å². The van der Waals surface area contributed by atoms with Crippen LogP contribution in [0.25, 0.3) is 0 Å². The molecule has 0 heterocycles. The maximum atomic E-state index is 2.53. The Hall–Kier alpha value is -3.82. The first-order chi connectivity index (χ1) is 21.7. The molecule has 6 rings (SSSR count). The van der Waals surface area contributed by atoms with E-state index in [2.05, 4.69) is 196 Å². The van der Waals surface area contributed by atoms with Gasteiger partial charge in [0.05, 0.1) is 0 Å². The van der Waals surface area contributed by atoms with Crippen LogP contribution >= 0.6 is 15.8 Å². The summed E-state index contributed by atoms with van der Waals surface area (Å²) in [6, 6.07) is 67.7. The second-order valence-electron chi connectivity index (χ2n) is 11.4. The van der Waals surface area contributed by atoms with Crippen LogP contribution in [0.5, 0.6) is 0 Å². The molecule has 0 spiro atoms. The maximum Gasteiger partial charge on any atom is -0.00159 e. The van der Waals surface area contributed by atoms with E-state index in [0.717, 1.165) is 0 Å². The molecule has 0 fully saturated rings. The van der Waals surface area contributed by atoms with Crippen LogP contribution in [-0.2, 0) is 0 Å². The zero-order valence-corrected chi connectivity index (χ0v) is 27.3. The van der Waals surface area contributed by atoms with Crippen molar-refractivity contribution < 1.29 is 0 Å². The van der Waals surface area contributed by atoms with Gasteiger partial charge in [0.15, 0.2) is 0 Å². The quantitative estimate of drug-likeness (QED) is 0.129. The van der Waals surface area contributed by atoms with Gasteiger partial charge in [0.25, 0.3) is 0 Å². The van der Waals surface area contributed by atoms with Crippen molar-refractivity contribution in [2.75, 3.05) is 0 Å². The Kier molecular flexibility index (Phi) is 10.1. The molecule has 0 aromatic heterocycles. The summed E-state index contributed by atoms with van der Waals surface area (Å²) in [7, 11) is -1.29. The predicted molar refractivity (Wildman–Crippen MR) is 195 cm³/mol. The van der Waals surface area contributed by atoms with Crippen molar-refractivity contribution in [3.63, 3.8) is 0 Å². The van der Waals surface area contributed by atoms with Crippen LogP contribution in [-0.4, -0.2) is 11.3 Å². The Bertz CT molecular complexity index is 1460. The van der Waals surface area contributed by atoms with Crippen LogP contribution in [0.3, 0.4) is 0 Å². The minimum atomic E-state index is -0.643. The lowest BCUT2D eigenvalue weighted by Gasteiger charge is -2.42. The predicted octanol–water partition coefficient (Wildman–Crippen LogP) is 9.60. The first kappa shape index (κ1) is 30.2. The molecule has 218 valence electrons. The Balaban J connectivity index is 1.56. The highest BCUT2D eigenvalue weighted by atomic mass is 31.1. The van der Waals surface area contributed by atoms with E-state index >= 15 is 0 Å². The number of benzene rings is 6. The van der Waals surface area contributed by atoms with E-state index in [0.29, 0.717) is 23.2 Å². The molecular formula is C42H40P2. The van der Waals surface area contributed by atoms with E-state index in [-0.39, 0.29) is 0 Å². The fourth-order valence-electron chi connectivity index (χ4n) is 6.84. The van der Waals surface area contributed by atoms with Crippen molar-refractivity contribution >= 4 is 37.1 Å².